The number of carbonyl (C=O) groups is 5. The molecule has 1 aromatic carbocycles. The fourth-order valence-corrected chi connectivity index (χ4v) is 3.55. The van der Waals surface area contributed by atoms with Gasteiger partial charge < -0.3 is 9.47 Å². The molecule has 1 saturated heterocycles. The van der Waals surface area contributed by atoms with Gasteiger partial charge in [-0.15, -0.1) is 0 Å². The second-order valence-corrected chi connectivity index (χ2v) is 8.52. The van der Waals surface area contributed by atoms with Crippen molar-refractivity contribution >= 4 is 29.6 Å². The summed E-state index contributed by atoms with van der Waals surface area (Å²) in [5.74, 6) is -2.30. The lowest BCUT2D eigenvalue weighted by Crippen LogP contribution is -2.54. The summed E-state index contributed by atoms with van der Waals surface area (Å²) in [6, 6.07) is 3.68. The van der Waals surface area contributed by atoms with Crippen LogP contribution < -0.4 is 10.1 Å². The number of ether oxygens (including phenoxy) is 2. The number of nitrogens with zero attached hydrogens (tertiary/aromatic N) is 1. The van der Waals surface area contributed by atoms with E-state index in [1.165, 1.54) is 6.07 Å². The normalized spacial score (nSPS) is 18.7. The van der Waals surface area contributed by atoms with Gasteiger partial charge in [0.15, 0.2) is 0 Å². The molecular weight excluding hydrogens is 404 g/mol. The lowest BCUT2D eigenvalue weighted by atomic mass is 10.0. The van der Waals surface area contributed by atoms with Gasteiger partial charge in [0.25, 0.3) is 11.8 Å². The van der Waals surface area contributed by atoms with Crippen molar-refractivity contribution in [1.29, 1.82) is 0 Å². The Morgan fingerprint density at radius 2 is 1.87 bits per heavy atom. The van der Waals surface area contributed by atoms with E-state index < -0.39 is 35.3 Å². The molecule has 1 aromatic rings. The predicted molar refractivity (Wildman–Crippen MR) is 108 cm³/mol. The SMILES string of the molecule is CC(C)(C)OC(=O)CCCCOc1cccc2c1C(=O)N(C1CCC(=O)NC1=O)C2=O. The molecule has 3 rings (SSSR count). The number of hydrogen-bond donors (Lipinski definition) is 1. The monoisotopic (exact) mass is 430 g/mol. The summed E-state index contributed by atoms with van der Waals surface area (Å²) in [7, 11) is 0. The van der Waals surface area contributed by atoms with Gasteiger partial charge in [-0.25, -0.2) is 0 Å². The van der Waals surface area contributed by atoms with E-state index in [4.69, 9.17) is 9.47 Å². The number of unbranched alkanes of at least 4 members (excludes halogenated alkanes) is 1. The Hall–Kier alpha value is -3.23. The molecule has 1 unspecified atom stereocenters. The van der Waals surface area contributed by atoms with Gasteiger partial charge in [0.2, 0.25) is 11.8 Å². The van der Waals surface area contributed by atoms with Gasteiger partial charge in [0, 0.05) is 12.8 Å². The quantitative estimate of drug-likeness (QED) is 0.399. The maximum Gasteiger partial charge on any atom is 0.306 e. The van der Waals surface area contributed by atoms with E-state index in [2.05, 4.69) is 5.32 Å². The minimum atomic E-state index is -1.02. The average Bonchev–Trinajstić information content (AvgIpc) is 2.92. The molecule has 4 amide bonds. The van der Waals surface area contributed by atoms with Gasteiger partial charge in [-0.3, -0.25) is 34.2 Å². The van der Waals surface area contributed by atoms with Crippen LogP contribution in [0.4, 0.5) is 0 Å². The van der Waals surface area contributed by atoms with Crippen LogP contribution >= 0.6 is 0 Å². The van der Waals surface area contributed by atoms with E-state index >= 15 is 0 Å². The smallest absolute Gasteiger partial charge is 0.306 e. The van der Waals surface area contributed by atoms with E-state index in [-0.39, 0.29) is 48.7 Å². The van der Waals surface area contributed by atoms with E-state index in [1.54, 1.807) is 32.9 Å². The third kappa shape index (κ3) is 5.10. The van der Waals surface area contributed by atoms with Crippen LogP contribution in [0.15, 0.2) is 18.2 Å². The highest BCUT2D eigenvalue weighted by molar-refractivity contribution is 6.24. The van der Waals surface area contributed by atoms with Crippen molar-refractivity contribution in [3.8, 4) is 5.75 Å². The fourth-order valence-electron chi connectivity index (χ4n) is 3.55. The van der Waals surface area contributed by atoms with E-state index in [9.17, 15) is 24.0 Å². The fraction of sp³-hybridized carbons (Fsp3) is 0.500. The van der Waals surface area contributed by atoms with Gasteiger partial charge in [-0.2, -0.15) is 0 Å². The molecule has 1 atom stereocenters. The van der Waals surface area contributed by atoms with Gasteiger partial charge in [-0.1, -0.05) is 6.07 Å². The first-order valence-corrected chi connectivity index (χ1v) is 10.3. The molecule has 2 heterocycles. The first-order valence-electron chi connectivity index (χ1n) is 10.3. The second kappa shape index (κ2) is 8.87. The summed E-state index contributed by atoms with van der Waals surface area (Å²) in [4.78, 5) is 61.9. The number of hydrogen-bond acceptors (Lipinski definition) is 7. The molecule has 31 heavy (non-hydrogen) atoms. The number of fused-ring (bicyclic) bond motifs is 1. The van der Waals surface area contributed by atoms with Crippen molar-refractivity contribution < 1.29 is 33.4 Å². The minimum Gasteiger partial charge on any atom is -0.493 e. The Kier molecular flexibility index (Phi) is 6.42. The number of amides is 4. The van der Waals surface area contributed by atoms with Gasteiger partial charge in [0.05, 0.1) is 17.7 Å². The molecule has 166 valence electrons. The Labute approximate surface area is 180 Å². The van der Waals surface area contributed by atoms with E-state index in [1.807, 2.05) is 0 Å². The van der Waals surface area contributed by atoms with Crippen LogP contribution in [-0.4, -0.2) is 52.7 Å². The molecule has 0 radical (unpaired) electrons. The zero-order valence-electron chi connectivity index (χ0n) is 17.9. The van der Waals surface area contributed by atoms with Crippen molar-refractivity contribution in [3.05, 3.63) is 29.3 Å². The maximum absolute atomic E-state index is 13.0. The lowest BCUT2D eigenvalue weighted by Gasteiger charge is -2.27. The summed E-state index contributed by atoms with van der Waals surface area (Å²) in [6.45, 7) is 5.67. The molecule has 1 N–H and O–H groups in total. The molecule has 0 aliphatic carbocycles. The number of piperidine rings is 1. The summed E-state index contributed by atoms with van der Waals surface area (Å²) >= 11 is 0. The first-order chi connectivity index (χ1) is 14.6. The maximum atomic E-state index is 13.0. The van der Waals surface area contributed by atoms with Crippen molar-refractivity contribution in [2.45, 2.75) is 64.5 Å². The number of nitrogens with one attached hydrogen (secondary N) is 1. The minimum absolute atomic E-state index is 0.0603. The highest BCUT2D eigenvalue weighted by Gasteiger charge is 2.45. The molecule has 0 spiro atoms. The van der Waals surface area contributed by atoms with Gasteiger partial charge in [0.1, 0.15) is 17.4 Å². The van der Waals surface area contributed by atoms with Gasteiger partial charge in [-0.05, 0) is 52.2 Å². The van der Waals surface area contributed by atoms with Crippen molar-refractivity contribution in [3.63, 3.8) is 0 Å². The summed E-state index contributed by atoms with van der Waals surface area (Å²) < 4.78 is 11.0. The van der Waals surface area contributed by atoms with Crippen molar-refractivity contribution in [2.24, 2.45) is 0 Å². The van der Waals surface area contributed by atoms with E-state index in [0.29, 0.717) is 12.8 Å². The van der Waals surface area contributed by atoms with Crippen LogP contribution in [0.2, 0.25) is 0 Å². The Morgan fingerprint density at radius 3 is 2.55 bits per heavy atom. The zero-order valence-corrected chi connectivity index (χ0v) is 17.9. The molecule has 9 heteroatoms. The van der Waals surface area contributed by atoms with Crippen LogP contribution in [0.1, 0.15) is 73.6 Å². The molecule has 2 aliphatic heterocycles. The third-order valence-electron chi connectivity index (χ3n) is 4.88. The van der Waals surface area contributed by atoms with Crippen LogP contribution in [0.5, 0.6) is 5.75 Å². The molecule has 0 bridgehead atoms. The molecular formula is C22H26N2O7. The zero-order chi connectivity index (χ0) is 22.8. The van der Waals surface area contributed by atoms with Crippen molar-refractivity contribution in [1.82, 2.24) is 10.2 Å². The van der Waals surface area contributed by atoms with E-state index in [0.717, 1.165) is 4.90 Å². The predicted octanol–water partition coefficient (Wildman–Crippen LogP) is 1.98. The topological polar surface area (TPSA) is 119 Å². The standard InChI is InChI=1S/C22H26N2O7/c1-22(2,3)31-17(26)9-4-5-12-30-15-8-6-7-13-18(15)21(29)24(20(13)28)14-10-11-16(25)23-19(14)27/h6-8,14H,4-5,9-12H2,1-3H3,(H,23,25,27). The largest absolute Gasteiger partial charge is 0.493 e. The van der Waals surface area contributed by atoms with Crippen LogP contribution in [0, 0.1) is 0 Å². The number of imide groups is 2. The Bertz CT molecular complexity index is 932. The molecule has 1 fully saturated rings. The summed E-state index contributed by atoms with van der Waals surface area (Å²) in [5.41, 5.74) is -0.246. The lowest BCUT2D eigenvalue weighted by molar-refractivity contribution is -0.155. The number of benzene rings is 1. The molecule has 2 aliphatic rings. The van der Waals surface area contributed by atoms with Gasteiger partial charge >= 0.3 is 5.97 Å². The average molecular weight is 430 g/mol. The molecule has 9 nitrogen and oxygen atoms in total. The van der Waals surface area contributed by atoms with Crippen LogP contribution in [0.3, 0.4) is 0 Å². The second-order valence-electron chi connectivity index (χ2n) is 8.52. The highest BCUT2D eigenvalue weighted by atomic mass is 16.6. The summed E-state index contributed by atoms with van der Waals surface area (Å²) in [6.07, 6.45) is 1.52. The first kappa shape index (κ1) is 22.5. The Balaban J connectivity index is 1.61. The third-order valence-corrected chi connectivity index (χ3v) is 4.88. The highest BCUT2D eigenvalue weighted by Crippen LogP contribution is 2.33. The number of esters is 1. The molecule has 0 aromatic heterocycles. The van der Waals surface area contributed by atoms with Crippen molar-refractivity contribution in [2.75, 3.05) is 6.61 Å². The molecule has 0 saturated carbocycles. The number of carbonyl (C=O) groups excluding carboxylic acids is 5. The number of rotatable bonds is 7. The van der Waals surface area contributed by atoms with Crippen LogP contribution in [0.25, 0.3) is 0 Å². The Morgan fingerprint density at radius 1 is 1.13 bits per heavy atom. The van der Waals surface area contributed by atoms with Crippen LogP contribution in [-0.2, 0) is 19.1 Å². The summed E-state index contributed by atoms with van der Waals surface area (Å²) in [5, 5.41) is 2.17.